The van der Waals surface area contributed by atoms with E-state index < -0.39 is 0 Å². The van der Waals surface area contributed by atoms with Crippen LogP contribution in [0, 0.1) is 12.7 Å². The lowest BCUT2D eigenvalue weighted by atomic mass is 10.0. The zero-order chi connectivity index (χ0) is 23.4. The Labute approximate surface area is 194 Å². The molecule has 0 saturated heterocycles. The Morgan fingerprint density at radius 2 is 1.85 bits per heavy atom. The number of fused-ring (bicyclic) bond motifs is 2. The van der Waals surface area contributed by atoms with Crippen LogP contribution in [0.2, 0.25) is 0 Å². The van der Waals surface area contributed by atoms with Gasteiger partial charge in [0.1, 0.15) is 23.1 Å². The van der Waals surface area contributed by atoms with Crippen molar-refractivity contribution in [3.63, 3.8) is 0 Å². The molecule has 0 aliphatic heterocycles. The van der Waals surface area contributed by atoms with Crippen molar-refractivity contribution in [1.82, 2.24) is 29.7 Å². The fraction of sp³-hybridized carbons (Fsp3) is 0.115. The summed E-state index contributed by atoms with van der Waals surface area (Å²) in [4.78, 5) is 12.4. The Morgan fingerprint density at radius 1 is 0.971 bits per heavy atom. The van der Waals surface area contributed by atoms with Gasteiger partial charge in [0.2, 0.25) is 0 Å². The quantitative estimate of drug-likeness (QED) is 0.363. The van der Waals surface area contributed by atoms with Crippen molar-refractivity contribution in [3.8, 4) is 39.5 Å². The molecule has 0 atom stereocenters. The van der Waals surface area contributed by atoms with E-state index >= 15 is 0 Å². The molecule has 2 aromatic carbocycles. The summed E-state index contributed by atoms with van der Waals surface area (Å²) in [6.07, 6.45) is 3.67. The fourth-order valence-corrected chi connectivity index (χ4v) is 4.39. The van der Waals surface area contributed by atoms with Crippen LogP contribution >= 0.6 is 0 Å². The lowest BCUT2D eigenvalue weighted by Gasteiger charge is -2.07. The first-order valence-electron chi connectivity index (χ1n) is 10.8. The minimum atomic E-state index is -0.343. The molecule has 7 nitrogen and oxygen atoms in total. The van der Waals surface area contributed by atoms with Crippen molar-refractivity contribution >= 4 is 21.9 Å². The number of ether oxygens (including phenoxy) is 1. The largest absolute Gasteiger partial charge is 0.497 e. The summed E-state index contributed by atoms with van der Waals surface area (Å²) in [6.45, 7) is 1.97. The molecular weight excluding hydrogens is 431 g/mol. The number of methoxy groups -OCH3 is 1. The van der Waals surface area contributed by atoms with Gasteiger partial charge in [-0.1, -0.05) is 12.1 Å². The smallest absolute Gasteiger partial charge is 0.155 e. The molecule has 0 unspecified atom stereocenters. The van der Waals surface area contributed by atoms with Gasteiger partial charge in [-0.05, 0) is 48.4 Å². The highest BCUT2D eigenvalue weighted by Crippen LogP contribution is 2.36. The predicted molar refractivity (Wildman–Crippen MR) is 130 cm³/mol. The van der Waals surface area contributed by atoms with Crippen LogP contribution in [0.5, 0.6) is 5.75 Å². The SMILES string of the molecule is COc1cc(F)cc(-c2cccc3[nH]c(-c4n[nH]c5ncc(-c6cnc(C)n6C)cc45)cc23)c1. The number of pyridine rings is 1. The van der Waals surface area contributed by atoms with Gasteiger partial charge in [-0.2, -0.15) is 5.10 Å². The molecule has 0 aliphatic rings. The van der Waals surface area contributed by atoms with Crippen LogP contribution < -0.4 is 4.74 Å². The molecule has 0 radical (unpaired) electrons. The van der Waals surface area contributed by atoms with Crippen LogP contribution in [-0.4, -0.2) is 36.8 Å². The molecule has 6 rings (SSSR count). The molecule has 4 heterocycles. The summed E-state index contributed by atoms with van der Waals surface area (Å²) in [5, 5.41) is 9.44. The standard InChI is InChI=1S/C26H21FN6O/c1-14-28-13-24(33(14)2)16-9-21-25(31-32-26(21)29-12-16)23-11-20-19(5-4-6-22(20)30-23)15-7-17(27)10-18(8-15)34-3/h4-13,30H,1-3H3,(H,29,31,32). The van der Waals surface area contributed by atoms with Gasteiger partial charge in [-0.15, -0.1) is 0 Å². The zero-order valence-electron chi connectivity index (χ0n) is 18.8. The molecule has 0 bridgehead atoms. The number of aromatic amines is 2. The maximum absolute atomic E-state index is 14.2. The van der Waals surface area contributed by atoms with E-state index in [1.165, 1.54) is 19.2 Å². The van der Waals surface area contributed by atoms with E-state index in [-0.39, 0.29) is 5.82 Å². The van der Waals surface area contributed by atoms with Crippen LogP contribution in [0.25, 0.3) is 55.7 Å². The summed E-state index contributed by atoms with van der Waals surface area (Å²) in [5.41, 5.74) is 6.83. The summed E-state index contributed by atoms with van der Waals surface area (Å²) >= 11 is 0. The van der Waals surface area contributed by atoms with Crippen molar-refractivity contribution in [2.24, 2.45) is 7.05 Å². The number of nitrogens with one attached hydrogen (secondary N) is 2. The Hall–Kier alpha value is -4.46. The number of rotatable bonds is 4. The van der Waals surface area contributed by atoms with Crippen LogP contribution in [0.15, 0.2) is 60.9 Å². The van der Waals surface area contributed by atoms with Gasteiger partial charge in [-0.25, -0.2) is 14.4 Å². The highest BCUT2D eigenvalue weighted by molar-refractivity contribution is 6.01. The van der Waals surface area contributed by atoms with E-state index in [2.05, 4.69) is 31.2 Å². The summed E-state index contributed by atoms with van der Waals surface area (Å²) in [5.74, 6) is 1.06. The molecule has 0 aliphatic carbocycles. The number of halogens is 1. The second-order valence-corrected chi connectivity index (χ2v) is 8.27. The van der Waals surface area contributed by atoms with E-state index in [9.17, 15) is 4.39 Å². The van der Waals surface area contributed by atoms with Gasteiger partial charge >= 0.3 is 0 Å². The van der Waals surface area contributed by atoms with E-state index in [0.717, 1.165) is 55.9 Å². The lowest BCUT2D eigenvalue weighted by molar-refractivity contribution is 0.411. The number of benzene rings is 2. The van der Waals surface area contributed by atoms with Crippen LogP contribution in [0.3, 0.4) is 0 Å². The van der Waals surface area contributed by atoms with Gasteiger partial charge in [0.15, 0.2) is 5.65 Å². The van der Waals surface area contributed by atoms with Gasteiger partial charge in [0.05, 0.1) is 24.7 Å². The highest BCUT2D eigenvalue weighted by atomic mass is 19.1. The van der Waals surface area contributed by atoms with Crippen LogP contribution in [0.4, 0.5) is 4.39 Å². The van der Waals surface area contributed by atoms with Gasteiger partial charge < -0.3 is 14.3 Å². The Morgan fingerprint density at radius 3 is 2.65 bits per heavy atom. The first kappa shape index (κ1) is 20.2. The topological polar surface area (TPSA) is 84.4 Å². The number of imidazole rings is 1. The fourth-order valence-electron chi connectivity index (χ4n) is 4.39. The van der Waals surface area contributed by atoms with Crippen molar-refractivity contribution in [2.75, 3.05) is 7.11 Å². The normalized spacial score (nSPS) is 11.5. The second kappa shape index (κ2) is 7.55. The van der Waals surface area contributed by atoms with Crippen molar-refractivity contribution in [2.45, 2.75) is 6.92 Å². The number of aryl methyl sites for hydroxylation is 1. The number of nitrogens with zero attached hydrogens (tertiary/aromatic N) is 4. The highest BCUT2D eigenvalue weighted by Gasteiger charge is 2.16. The van der Waals surface area contributed by atoms with Crippen LogP contribution in [-0.2, 0) is 7.05 Å². The molecule has 0 amide bonds. The molecule has 34 heavy (non-hydrogen) atoms. The molecule has 6 aromatic rings. The lowest BCUT2D eigenvalue weighted by Crippen LogP contribution is -1.94. The Bertz CT molecular complexity index is 1690. The first-order valence-corrected chi connectivity index (χ1v) is 10.8. The Kier molecular flexibility index (Phi) is 4.48. The number of aromatic nitrogens is 6. The van der Waals surface area contributed by atoms with E-state index in [4.69, 9.17) is 4.74 Å². The zero-order valence-corrected chi connectivity index (χ0v) is 18.8. The first-order chi connectivity index (χ1) is 16.5. The number of hydrogen-bond acceptors (Lipinski definition) is 4. The monoisotopic (exact) mass is 452 g/mol. The molecule has 0 saturated carbocycles. The minimum absolute atomic E-state index is 0.343. The molecule has 4 aromatic heterocycles. The van der Waals surface area contributed by atoms with E-state index in [1.807, 2.05) is 61.3 Å². The molecule has 168 valence electrons. The van der Waals surface area contributed by atoms with Crippen LogP contribution in [0.1, 0.15) is 5.82 Å². The van der Waals surface area contributed by atoms with Gasteiger partial charge in [0.25, 0.3) is 0 Å². The van der Waals surface area contributed by atoms with E-state index in [0.29, 0.717) is 11.4 Å². The molecule has 8 heteroatoms. The molecule has 0 spiro atoms. The van der Waals surface area contributed by atoms with Crippen molar-refractivity contribution in [1.29, 1.82) is 0 Å². The number of hydrogen-bond donors (Lipinski definition) is 2. The second-order valence-electron chi connectivity index (χ2n) is 8.27. The molecular formula is C26H21FN6O. The third kappa shape index (κ3) is 3.14. The Balaban J connectivity index is 1.50. The third-order valence-corrected chi connectivity index (χ3v) is 6.27. The maximum Gasteiger partial charge on any atom is 0.155 e. The average Bonchev–Trinajstić information content (AvgIpc) is 3.54. The predicted octanol–water partition coefficient (Wildman–Crippen LogP) is 5.63. The summed E-state index contributed by atoms with van der Waals surface area (Å²) in [6, 6.07) is 14.7. The average molecular weight is 452 g/mol. The summed E-state index contributed by atoms with van der Waals surface area (Å²) < 4.78 is 21.5. The van der Waals surface area contributed by atoms with Crippen molar-refractivity contribution in [3.05, 3.63) is 72.6 Å². The van der Waals surface area contributed by atoms with Gasteiger partial charge in [0, 0.05) is 41.2 Å². The van der Waals surface area contributed by atoms with Gasteiger partial charge in [-0.3, -0.25) is 5.10 Å². The summed E-state index contributed by atoms with van der Waals surface area (Å²) in [7, 11) is 3.52. The number of H-pyrrole nitrogens is 2. The van der Waals surface area contributed by atoms with E-state index in [1.54, 1.807) is 0 Å². The minimum Gasteiger partial charge on any atom is -0.497 e. The third-order valence-electron chi connectivity index (χ3n) is 6.27. The molecule has 2 N–H and O–H groups in total. The maximum atomic E-state index is 14.2. The van der Waals surface area contributed by atoms with Crippen molar-refractivity contribution < 1.29 is 9.13 Å². The molecule has 0 fully saturated rings.